The van der Waals surface area contributed by atoms with Crippen molar-refractivity contribution in [3.05, 3.63) is 54.0 Å². The number of furan rings is 1. The Labute approximate surface area is 169 Å². The van der Waals surface area contributed by atoms with E-state index in [0.29, 0.717) is 23.1 Å². The van der Waals surface area contributed by atoms with Crippen molar-refractivity contribution in [2.45, 2.75) is 39.2 Å². The summed E-state index contributed by atoms with van der Waals surface area (Å²) in [4.78, 5) is 36.3. The van der Waals surface area contributed by atoms with Gasteiger partial charge in [0.05, 0.1) is 11.8 Å². The Bertz CT molecular complexity index is 845. The zero-order valence-corrected chi connectivity index (χ0v) is 16.6. The van der Waals surface area contributed by atoms with Crippen LogP contribution in [0, 0.1) is 11.8 Å². The summed E-state index contributed by atoms with van der Waals surface area (Å²) in [5, 5.41) is 5.64. The van der Waals surface area contributed by atoms with Gasteiger partial charge in [0.25, 0.3) is 11.8 Å². The van der Waals surface area contributed by atoms with Crippen LogP contribution >= 0.6 is 0 Å². The number of hydrogen-bond acceptors (Lipinski definition) is 5. The Morgan fingerprint density at radius 1 is 1.10 bits per heavy atom. The minimum atomic E-state index is -0.589. The van der Waals surface area contributed by atoms with Gasteiger partial charge in [0.1, 0.15) is 0 Å². The molecule has 3 rings (SSSR count). The zero-order chi connectivity index (χ0) is 20.8. The summed E-state index contributed by atoms with van der Waals surface area (Å²) in [6, 6.07) is 9.54. The highest BCUT2D eigenvalue weighted by atomic mass is 16.5. The van der Waals surface area contributed by atoms with E-state index in [2.05, 4.69) is 24.5 Å². The maximum atomic E-state index is 12.2. The molecule has 7 heteroatoms. The summed E-state index contributed by atoms with van der Waals surface area (Å²) < 4.78 is 10.1. The molecule has 0 aliphatic heterocycles. The van der Waals surface area contributed by atoms with Crippen molar-refractivity contribution in [1.82, 2.24) is 5.32 Å². The summed E-state index contributed by atoms with van der Waals surface area (Å²) in [6.45, 7) is 4.03. The van der Waals surface area contributed by atoms with Crippen molar-refractivity contribution < 1.29 is 23.5 Å². The van der Waals surface area contributed by atoms with Crippen LogP contribution in [-0.2, 0) is 9.53 Å². The van der Waals surface area contributed by atoms with Gasteiger partial charge in [-0.2, -0.15) is 0 Å². The lowest BCUT2D eigenvalue weighted by Gasteiger charge is -2.34. The van der Waals surface area contributed by atoms with Crippen molar-refractivity contribution in [3.8, 4) is 0 Å². The van der Waals surface area contributed by atoms with Crippen molar-refractivity contribution in [2.24, 2.45) is 11.8 Å². The fraction of sp³-hybridized carbons (Fsp3) is 0.409. The van der Waals surface area contributed by atoms with Crippen LogP contribution in [0.1, 0.15) is 54.0 Å². The summed E-state index contributed by atoms with van der Waals surface area (Å²) in [5.74, 6) is -0.0779. The van der Waals surface area contributed by atoms with E-state index in [4.69, 9.17) is 9.15 Å². The van der Waals surface area contributed by atoms with E-state index in [-0.39, 0.29) is 30.2 Å². The molecule has 3 atom stereocenters. The second kappa shape index (κ2) is 9.41. The lowest BCUT2D eigenvalue weighted by Crippen LogP contribution is -2.45. The molecular weight excluding hydrogens is 372 g/mol. The average molecular weight is 398 g/mol. The summed E-state index contributed by atoms with van der Waals surface area (Å²) >= 11 is 0. The van der Waals surface area contributed by atoms with Crippen molar-refractivity contribution in [2.75, 3.05) is 11.9 Å². The topological polar surface area (TPSA) is 97.6 Å². The highest BCUT2D eigenvalue weighted by molar-refractivity contribution is 6.02. The van der Waals surface area contributed by atoms with Crippen molar-refractivity contribution in [1.29, 1.82) is 0 Å². The Morgan fingerprint density at radius 2 is 1.86 bits per heavy atom. The third-order valence-corrected chi connectivity index (χ3v) is 5.51. The van der Waals surface area contributed by atoms with Crippen molar-refractivity contribution >= 4 is 23.5 Å². The lowest BCUT2D eigenvalue weighted by atomic mass is 9.78. The fourth-order valence-electron chi connectivity index (χ4n) is 3.54. The monoisotopic (exact) mass is 398 g/mol. The number of benzene rings is 1. The predicted octanol–water partition coefficient (Wildman–Crippen LogP) is 3.63. The first kappa shape index (κ1) is 20.6. The van der Waals surface area contributed by atoms with E-state index in [1.54, 1.807) is 24.3 Å². The molecule has 7 nitrogen and oxygen atoms in total. The normalized spacial score (nSPS) is 21.2. The summed E-state index contributed by atoms with van der Waals surface area (Å²) in [7, 11) is 0. The number of carbonyl (C=O) groups is 3. The van der Waals surface area contributed by atoms with Crippen molar-refractivity contribution in [3.63, 3.8) is 0 Å². The molecule has 1 heterocycles. The van der Waals surface area contributed by atoms with Gasteiger partial charge in [-0.1, -0.05) is 26.7 Å². The van der Waals surface area contributed by atoms with Gasteiger partial charge in [-0.15, -0.1) is 0 Å². The number of anilines is 1. The summed E-state index contributed by atoms with van der Waals surface area (Å²) in [5.41, 5.74) is 0.814. The largest absolute Gasteiger partial charge is 0.459 e. The highest BCUT2D eigenvalue weighted by Gasteiger charge is 2.28. The van der Waals surface area contributed by atoms with E-state index in [1.165, 1.54) is 24.8 Å². The molecule has 1 saturated carbocycles. The van der Waals surface area contributed by atoms with Crippen LogP contribution in [-0.4, -0.2) is 30.4 Å². The van der Waals surface area contributed by atoms with E-state index in [1.807, 2.05) is 0 Å². The second-order valence-electron chi connectivity index (χ2n) is 7.53. The van der Waals surface area contributed by atoms with Crippen LogP contribution in [0.5, 0.6) is 0 Å². The van der Waals surface area contributed by atoms with Gasteiger partial charge in [0.2, 0.25) is 0 Å². The predicted molar refractivity (Wildman–Crippen MR) is 107 cm³/mol. The first-order valence-corrected chi connectivity index (χ1v) is 9.85. The smallest absolute Gasteiger partial charge is 0.338 e. The van der Waals surface area contributed by atoms with Crippen LogP contribution < -0.4 is 10.6 Å². The standard InChI is InChI=1S/C22H26N2O5/c1-14-5-3-6-18(15(14)2)24-20(25)13-29-22(27)16-8-10-17(11-9-16)23-21(26)19-7-4-12-28-19/h4,7-12,14-15,18H,3,5-6,13H2,1-2H3,(H,23,26)(H,24,25)/t14-,15+,18+/m0/s1. The van der Waals surface area contributed by atoms with Crippen LogP contribution in [0.3, 0.4) is 0 Å². The molecule has 0 saturated heterocycles. The lowest BCUT2D eigenvalue weighted by molar-refractivity contribution is -0.125. The van der Waals surface area contributed by atoms with Gasteiger partial charge in [0.15, 0.2) is 12.4 Å². The minimum absolute atomic E-state index is 0.127. The van der Waals surface area contributed by atoms with Gasteiger partial charge in [-0.05, 0) is 54.7 Å². The van der Waals surface area contributed by atoms with Crippen LogP contribution in [0.2, 0.25) is 0 Å². The quantitative estimate of drug-likeness (QED) is 0.724. The third-order valence-electron chi connectivity index (χ3n) is 5.51. The van der Waals surface area contributed by atoms with Gasteiger partial charge in [-0.3, -0.25) is 9.59 Å². The van der Waals surface area contributed by atoms with Gasteiger partial charge in [-0.25, -0.2) is 4.79 Å². The molecule has 2 N–H and O–H groups in total. The second-order valence-corrected chi connectivity index (χ2v) is 7.53. The molecule has 1 aliphatic rings. The molecule has 0 unspecified atom stereocenters. The Balaban J connectivity index is 1.46. The molecule has 1 aromatic carbocycles. The molecule has 2 aromatic rings. The van der Waals surface area contributed by atoms with E-state index < -0.39 is 5.97 Å². The third kappa shape index (κ3) is 5.47. The first-order valence-electron chi connectivity index (χ1n) is 9.85. The maximum absolute atomic E-state index is 12.2. The molecule has 1 fully saturated rings. The average Bonchev–Trinajstić information content (AvgIpc) is 3.25. The van der Waals surface area contributed by atoms with Gasteiger partial charge >= 0.3 is 5.97 Å². The number of amides is 2. The van der Waals surface area contributed by atoms with Gasteiger partial charge < -0.3 is 19.8 Å². The number of ether oxygens (including phenoxy) is 1. The van der Waals surface area contributed by atoms with E-state index in [9.17, 15) is 14.4 Å². The number of carbonyl (C=O) groups excluding carboxylic acids is 3. The van der Waals surface area contributed by atoms with Crippen LogP contribution in [0.15, 0.2) is 47.1 Å². The number of esters is 1. The first-order chi connectivity index (χ1) is 13.9. The maximum Gasteiger partial charge on any atom is 0.338 e. The molecule has 0 spiro atoms. The number of rotatable bonds is 6. The molecule has 2 amide bonds. The Kier molecular flexibility index (Phi) is 6.69. The number of hydrogen-bond donors (Lipinski definition) is 2. The van der Waals surface area contributed by atoms with E-state index in [0.717, 1.165) is 12.8 Å². The van der Waals surface area contributed by atoms with Crippen LogP contribution in [0.25, 0.3) is 0 Å². The van der Waals surface area contributed by atoms with E-state index >= 15 is 0 Å². The molecule has 1 aliphatic carbocycles. The molecule has 1 aromatic heterocycles. The SMILES string of the molecule is C[C@@H]1[C@@H](C)CCC[C@H]1NC(=O)COC(=O)c1ccc(NC(=O)c2ccco2)cc1. The number of nitrogens with one attached hydrogen (secondary N) is 2. The molecule has 0 radical (unpaired) electrons. The zero-order valence-electron chi connectivity index (χ0n) is 16.6. The van der Waals surface area contributed by atoms with Crippen LogP contribution in [0.4, 0.5) is 5.69 Å². The molecular formula is C22H26N2O5. The minimum Gasteiger partial charge on any atom is -0.459 e. The molecule has 29 heavy (non-hydrogen) atoms. The fourth-order valence-corrected chi connectivity index (χ4v) is 3.54. The highest BCUT2D eigenvalue weighted by Crippen LogP contribution is 2.29. The summed E-state index contributed by atoms with van der Waals surface area (Å²) in [6.07, 6.45) is 4.65. The Hall–Kier alpha value is -3.09. The molecule has 0 bridgehead atoms. The molecule has 154 valence electrons. The Morgan fingerprint density at radius 3 is 2.55 bits per heavy atom. The van der Waals surface area contributed by atoms with Gasteiger partial charge in [0, 0.05) is 11.7 Å².